The highest BCUT2D eigenvalue weighted by molar-refractivity contribution is 9.10. The van der Waals surface area contributed by atoms with Gasteiger partial charge in [-0.3, -0.25) is 9.10 Å². The molecule has 3 aromatic rings. The molecule has 0 saturated carbocycles. The standard InChI is InChI=1S/C24H24BrClN2O4S/c1-17(18-7-9-20(25)10-8-18)27-24(29)16-32-22-13-11-21(12-14-22)28(33(2,30)31)15-19-5-3-4-6-23(19)26/h3-14,17H,15-16H2,1-2H3,(H,27,29). The van der Waals surface area contributed by atoms with Crippen molar-refractivity contribution in [1.82, 2.24) is 5.32 Å². The summed E-state index contributed by atoms with van der Waals surface area (Å²) in [5, 5.41) is 3.38. The number of hydrogen-bond donors (Lipinski definition) is 1. The van der Waals surface area contributed by atoms with E-state index in [4.69, 9.17) is 16.3 Å². The second kappa shape index (κ2) is 11.0. The van der Waals surface area contributed by atoms with Gasteiger partial charge in [0.2, 0.25) is 10.0 Å². The van der Waals surface area contributed by atoms with Crippen LogP contribution in [0.1, 0.15) is 24.1 Å². The number of carbonyl (C=O) groups is 1. The van der Waals surface area contributed by atoms with E-state index in [1.807, 2.05) is 31.2 Å². The van der Waals surface area contributed by atoms with Crippen molar-refractivity contribution in [2.45, 2.75) is 19.5 Å². The van der Waals surface area contributed by atoms with Gasteiger partial charge >= 0.3 is 0 Å². The molecule has 6 nitrogen and oxygen atoms in total. The zero-order chi connectivity index (χ0) is 24.0. The number of sulfonamides is 1. The Bertz CT molecular complexity index is 1200. The Hall–Kier alpha value is -2.55. The van der Waals surface area contributed by atoms with E-state index in [1.165, 1.54) is 4.31 Å². The van der Waals surface area contributed by atoms with Gasteiger partial charge in [0.1, 0.15) is 5.75 Å². The topological polar surface area (TPSA) is 75.7 Å². The molecule has 1 N–H and O–H groups in total. The number of amides is 1. The first-order valence-electron chi connectivity index (χ1n) is 10.1. The maximum Gasteiger partial charge on any atom is 0.258 e. The molecule has 0 aliphatic heterocycles. The molecule has 3 aromatic carbocycles. The van der Waals surface area contributed by atoms with Crippen molar-refractivity contribution < 1.29 is 17.9 Å². The van der Waals surface area contributed by atoms with E-state index < -0.39 is 10.0 Å². The highest BCUT2D eigenvalue weighted by Gasteiger charge is 2.19. The van der Waals surface area contributed by atoms with Crippen molar-refractivity contribution in [3.8, 4) is 5.75 Å². The van der Waals surface area contributed by atoms with Crippen LogP contribution in [-0.2, 0) is 21.4 Å². The first-order valence-corrected chi connectivity index (χ1v) is 13.1. The van der Waals surface area contributed by atoms with E-state index in [1.54, 1.807) is 48.5 Å². The minimum Gasteiger partial charge on any atom is -0.484 e. The summed E-state index contributed by atoms with van der Waals surface area (Å²) < 4.78 is 32.6. The van der Waals surface area contributed by atoms with Crippen molar-refractivity contribution in [1.29, 1.82) is 0 Å². The molecule has 3 rings (SSSR count). The van der Waals surface area contributed by atoms with Crippen LogP contribution in [0.5, 0.6) is 5.75 Å². The lowest BCUT2D eigenvalue weighted by molar-refractivity contribution is -0.123. The molecule has 0 heterocycles. The number of halogens is 2. The predicted octanol–water partition coefficient (Wildman–Crippen LogP) is 5.32. The van der Waals surface area contributed by atoms with Gasteiger partial charge in [0.05, 0.1) is 24.5 Å². The third-order valence-corrected chi connectivity index (χ3v) is 6.95. The summed E-state index contributed by atoms with van der Waals surface area (Å²) in [6, 6.07) is 21.2. The molecule has 33 heavy (non-hydrogen) atoms. The minimum absolute atomic E-state index is 0.106. The van der Waals surface area contributed by atoms with Crippen LogP contribution in [0.4, 0.5) is 5.69 Å². The Labute approximate surface area is 207 Å². The average molecular weight is 552 g/mol. The number of benzene rings is 3. The van der Waals surface area contributed by atoms with Crippen molar-refractivity contribution in [3.63, 3.8) is 0 Å². The fourth-order valence-electron chi connectivity index (χ4n) is 3.16. The molecular formula is C24H24BrClN2O4S. The van der Waals surface area contributed by atoms with Gasteiger partial charge in [0, 0.05) is 9.50 Å². The van der Waals surface area contributed by atoms with Gasteiger partial charge in [-0.2, -0.15) is 0 Å². The summed E-state index contributed by atoms with van der Waals surface area (Å²) in [6.07, 6.45) is 1.14. The number of carbonyl (C=O) groups excluding carboxylic acids is 1. The van der Waals surface area contributed by atoms with E-state index in [0.29, 0.717) is 22.0 Å². The van der Waals surface area contributed by atoms with Crippen molar-refractivity contribution >= 4 is 49.1 Å². The number of anilines is 1. The van der Waals surface area contributed by atoms with Crippen LogP contribution in [0, 0.1) is 0 Å². The molecule has 174 valence electrons. The summed E-state index contributed by atoms with van der Waals surface area (Å²) >= 11 is 9.59. The van der Waals surface area contributed by atoms with Gasteiger partial charge in [-0.1, -0.05) is 57.9 Å². The molecule has 1 amide bonds. The lowest BCUT2D eigenvalue weighted by atomic mass is 10.1. The molecule has 0 spiro atoms. The summed E-state index contributed by atoms with van der Waals surface area (Å²) in [5.41, 5.74) is 2.15. The first-order chi connectivity index (χ1) is 15.6. The highest BCUT2D eigenvalue weighted by atomic mass is 79.9. The fourth-order valence-corrected chi connectivity index (χ4v) is 4.49. The van der Waals surface area contributed by atoms with Gasteiger partial charge in [0.25, 0.3) is 5.91 Å². The molecule has 0 bridgehead atoms. The van der Waals surface area contributed by atoms with E-state index in [9.17, 15) is 13.2 Å². The number of hydrogen-bond acceptors (Lipinski definition) is 4. The number of rotatable bonds is 9. The summed E-state index contributed by atoms with van der Waals surface area (Å²) in [6.45, 7) is 1.85. The van der Waals surface area contributed by atoms with Gasteiger partial charge < -0.3 is 10.1 Å². The lowest BCUT2D eigenvalue weighted by Crippen LogP contribution is -2.31. The summed E-state index contributed by atoms with van der Waals surface area (Å²) in [7, 11) is -3.55. The average Bonchev–Trinajstić information content (AvgIpc) is 2.77. The molecule has 1 atom stereocenters. The van der Waals surface area contributed by atoms with Gasteiger partial charge in [0.15, 0.2) is 6.61 Å². The Morgan fingerprint density at radius 3 is 2.30 bits per heavy atom. The van der Waals surface area contributed by atoms with Crippen LogP contribution in [0.25, 0.3) is 0 Å². The SMILES string of the molecule is CC(NC(=O)COc1ccc(N(Cc2ccccc2Cl)S(C)(=O)=O)cc1)c1ccc(Br)cc1. The zero-order valence-corrected chi connectivity index (χ0v) is 21.3. The predicted molar refractivity (Wildman–Crippen MR) is 135 cm³/mol. The largest absolute Gasteiger partial charge is 0.484 e. The monoisotopic (exact) mass is 550 g/mol. The van der Waals surface area contributed by atoms with E-state index in [0.717, 1.165) is 16.3 Å². The van der Waals surface area contributed by atoms with Crippen molar-refractivity contribution in [3.05, 3.63) is 93.4 Å². The third-order valence-electron chi connectivity index (χ3n) is 4.91. The van der Waals surface area contributed by atoms with Crippen molar-refractivity contribution in [2.75, 3.05) is 17.2 Å². The maximum atomic E-state index is 12.4. The summed E-state index contributed by atoms with van der Waals surface area (Å²) in [4.78, 5) is 12.3. The summed E-state index contributed by atoms with van der Waals surface area (Å²) in [5.74, 6) is 0.197. The van der Waals surface area contributed by atoms with Crippen LogP contribution in [0.15, 0.2) is 77.3 Å². The zero-order valence-electron chi connectivity index (χ0n) is 18.2. The highest BCUT2D eigenvalue weighted by Crippen LogP contribution is 2.26. The Morgan fingerprint density at radius 2 is 1.70 bits per heavy atom. The van der Waals surface area contributed by atoms with Gasteiger partial charge in [-0.25, -0.2) is 8.42 Å². The third kappa shape index (κ3) is 7.22. The molecular weight excluding hydrogens is 528 g/mol. The fraction of sp³-hybridized carbons (Fsp3) is 0.208. The van der Waals surface area contributed by atoms with Gasteiger partial charge in [-0.05, 0) is 60.5 Å². The normalized spacial score (nSPS) is 12.1. The van der Waals surface area contributed by atoms with Crippen LogP contribution in [0.2, 0.25) is 5.02 Å². The van der Waals surface area contributed by atoms with Crippen LogP contribution >= 0.6 is 27.5 Å². The second-order valence-corrected chi connectivity index (χ2v) is 10.7. The van der Waals surface area contributed by atoms with Crippen molar-refractivity contribution in [2.24, 2.45) is 0 Å². The number of ether oxygens (including phenoxy) is 1. The molecule has 0 aromatic heterocycles. The first kappa shape index (κ1) is 25.1. The number of nitrogens with zero attached hydrogens (tertiary/aromatic N) is 1. The van der Waals surface area contributed by atoms with E-state index >= 15 is 0 Å². The molecule has 0 saturated heterocycles. The maximum absolute atomic E-state index is 12.4. The van der Waals surface area contributed by atoms with E-state index in [2.05, 4.69) is 21.2 Å². The Morgan fingerprint density at radius 1 is 1.06 bits per heavy atom. The molecule has 0 radical (unpaired) electrons. The minimum atomic E-state index is -3.55. The van der Waals surface area contributed by atoms with Crippen LogP contribution in [-0.4, -0.2) is 27.2 Å². The Balaban J connectivity index is 1.61. The van der Waals surface area contributed by atoms with E-state index in [-0.39, 0.29) is 25.1 Å². The van der Waals surface area contributed by atoms with Gasteiger partial charge in [-0.15, -0.1) is 0 Å². The smallest absolute Gasteiger partial charge is 0.258 e. The molecule has 0 aliphatic rings. The molecule has 9 heteroatoms. The van der Waals surface area contributed by atoms with Crippen LogP contribution in [0.3, 0.4) is 0 Å². The van der Waals surface area contributed by atoms with Crippen LogP contribution < -0.4 is 14.4 Å². The Kier molecular flexibility index (Phi) is 8.40. The lowest BCUT2D eigenvalue weighted by Gasteiger charge is -2.23. The molecule has 1 unspecified atom stereocenters. The number of nitrogens with one attached hydrogen (secondary N) is 1. The molecule has 0 aliphatic carbocycles. The second-order valence-electron chi connectivity index (χ2n) is 7.48. The molecule has 0 fully saturated rings. The quantitative estimate of drug-likeness (QED) is 0.390.